The Hall–Kier alpha value is 0.530. The van der Waals surface area contributed by atoms with Gasteiger partial charge in [0.1, 0.15) is 11.7 Å². The van der Waals surface area contributed by atoms with Gasteiger partial charge in [0.2, 0.25) is 0 Å². The molecule has 0 N–H and O–H groups in total. The molecule has 0 aliphatic rings. The molecule has 0 nitrogen and oxygen atoms in total. The van der Waals surface area contributed by atoms with E-state index in [2.05, 4.69) is 22.6 Å². The standard InChI is InChI=1S/C10H12F4I2/c11-8(4-1-2-7-16-15)9(12)5-3-6-10(13)14/h6-7H,1-5H2/b9-8+. The molecule has 0 amide bonds. The predicted molar refractivity (Wildman–Crippen MR) is 76.7 cm³/mol. The highest BCUT2D eigenvalue weighted by Crippen LogP contribution is 2.20. The molecule has 0 unspecified atom stereocenters. The van der Waals surface area contributed by atoms with Crippen molar-refractivity contribution in [1.29, 1.82) is 0 Å². The summed E-state index contributed by atoms with van der Waals surface area (Å²) in [6.07, 6.45) is -0.274. The average molecular weight is 462 g/mol. The van der Waals surface area contributed by atoms with Gasteiger partial charge in [0.05, 0.1) is 0 Å². The van der Waals surface area contributed by atoms with Gasteiger partial charge in [-0.15, -0.1) is 0 Å². The fourth-order valence-corrected chi connectivity index (χ4v) is 3.21. The first-order valence-corrected chi connectivity index (χ1v) is 12.2. The Morgan fingerprint density at radius 2 is 1.62 bits per heavy atom. The first-order valence-electron chi connectivity index (χ1n) is 4.68. The maximum atomic E-state index is 13.0. The predicted octanol–water partition coefficient (Wildman–Crippen LogP) is 5.99. The van der Waals surface area contributed by atoms with Crippen LogP contribution < -0.4 is 0 Å². The molecule has 0 fully saturated rings. The zero-order valence-corrected chi connectivity index (χ0v) is 12.8. The van der Waals surface area contributed by atoms with E-state index in [1.807, 2.05) is 0 Å². The fourth-order valence-electron chi connectivity index (χ4n) is 0.955. The van der Waals surface area contributed by atoms with Crippen LogP contribution in [0, 0.1) is 0 Å². The fraction of sp³-hybridized carbons (Fsp3) is 0.500. The van der Waals surface area contributed by atoms with Crippen LogP contribution in [0.5, 0.6) is 0 Å². The Balaban J connectivity index is 3.90. The smallest absolute Gasteiger partial charge is 0.209 e. The molecule has 0 heterocycles. The van der Waals surface area contributed by atoms with Gasteiger partial charge in [-0.05, 0) is 48.0 Å². The van der Waals surface area contributed by atoms with Crippen molar-refractivity contribution in [2.75, 3.05) is 0 Å². The molecular weight excluding hydrogens is 450 g/mol. The maximum absolute atomic E-state index is 13.0. The summed E-state index contributed by atoms with van der Waals surface area (Å²) in [6.45, 7) is 0. The molecule has 0 saturated carbocycles. The molecule has 0 radical (unpaired) electrons. The third kappa shape index (κ3) is 9.73. The lowest BCUT2D eigenvalue weighted by atomic mass is 10.2. The van der Waals surface area contributed by atoms with Crippen LogP contribution in [0.15, 0.2) is 23.8 Å². The average Bonchev–Trinajstić information content (AvgIpc) is 2.23. The van der Waals surface area contributed by atoms with Gasteiger partial charge in [-0.2, -0.15) is 8.78 Å². The summed E-state index contributed by atoms with van der Waals surface area (Å²) in [5.74, 6) is -1.70. The number of hydrogen-bond donors (Lipinski definition) is 0. The van der Waals surface area contributed by atoms with Crippen LogP contribution in [0.4, 0.5) is 17.6 Å². The Bertz CT molecular complexity index is 281. The lowest BCUT2D eigenvalue weighted by Gasteiger charge is -1.98. The van der Waals surface area contributed by atoms with E-state index < -0.39 is 17.7 Å². The first-order chi connectivity index (χ1) is 7.57. The third-order valence-corrected chi connectivity index (χ3v) is 4.91. The number of halogens is 6. The Morgan fingerprint density at radius 1 is 1.00 bits per heavy atom. The van der Waals surface area contributed by atoms with Crippen LogP contribution in [-0.2, 0) is 0 Å². The zero-order valence-electron chi connectivity index (χ0n) is 8.46. The van der Waals surface area contributed by atoms with E-state index in [1.54, 1.807) is 0 Å². The van der Waals surface area contributed by atoms with Gasteiger partial charge in [0.15, 0.2) is 0 Å². The summed E-state index contributed by atoms with van der Waals surface area (Å²) in [5, 5.41) is 0. The lowest BCUT2D eigenvalue weighted by Crippen LogP contribution is -1.84. The van der Waals surface area contributed by atoms with Crippen LogP contribution >= 0.6 is 35.4 Å². The number of rotatable bonds is 7. The van der Waals surface area contributed by atoms with Crippen LogP contribution in [0.25, 0.3) is 0 Å². The van der Waals surface area contributed by atoms with Gasteiger partial charge in [-0.3, -0.25) is 0 Å². The van der Waals surface area contributed by atoms with Gasteiger partial charge >= 0.3 is 0 Å². The van der Waals surface area contributed by atoms with E-state index in [1.165, 1.54) is 0 Å². The highest BCUT2D eigenvalue weighted by atomic mass is 128. The quantitative estimate of drug-likeness (QED) is 0.248. The van der Waals surface area contributed by atoms with Crippen LogP contribution in [-0.4, -0.2) is 4.01 Å². The Morgan fingerprint density at radius 3 is 2.19 bits per heavy atom. The molecule has 6 heteroatoms. The van der Waals surface area contributed by atoms with Gasteiger partial charge < -0.3 is 0 Å². The van der Waals surface area contributed by atoms with Crippen molar-refractivity contribution in [2.24, 2.45) is 0 Å². The van der Waals surface area contributed by atoms with Crippen molar-refractivity contribution in [3.8, 4) is 0 Å². The van der Waals surface area contributed by atoms with E-state index in [0.29, 0.717) is 12.5 Å². The first kappa shape index (κ1) is 16.5. The summed E-state index contributed by atoms with van der Waals surface area (Å²) >= 11 is 2.34. The normalized spacial score (nSPS) is 13.3. The van der Waals surface area contributed by atoms with Crippen molar-refractivity contribution in [3.63, 3.8) is 0 Å². The third-order valence-electron chi connectivity index (χ3n) is 1.72. The zero-order chi connectivity index (χ0) is 12.4. The van der Waals surface area contributed by atoms with Gasteiger partial charge in [0.25, 0.3) is 6.08 Å². The molecule has 0 bridgehead atoms. The Labute approximate surface area is 112 Å². The topological polar surface area (TPSA) is 0 Å². The lowest BCUT2D eigenvalue weighted by molar-refractivity contribution is 0.415. The molecule has 0 aromatic rings. The minimum atomic E-state index is -1.85. The number of unbranched alkanes of at least 4 members (excludes halogenated alkanes) is 1. The van der Waals surface area contributed by atoms with Crippen LogP contribution in [0.2, 0.25) is 0 Å². The van der Waals surface area contributed by atoms with Gasteiger partial charge in [-0.1, -0.05) is 16.8 Å². The van der Waals surface area contributed by atoms with Crippen molar-refractivity contribution >= 4 is 39.4 Å². The summed E-state index contributed by atoms with van der Waals surface area (Å²) in [5.41, 5.74) is 0. The van der Waals surface area contributed by atoms with Crippen molar-refractivity contribution in [3.05, 3.63) is 23.8 Å². The van der Waals surface area contributed by atoms with E-state index >= 15 is 0 Å². The summed E-state index contributed by atoms with van der Waals surface area (Å²) < 4.78 is 51.3. The van der Waals surface area contributed by atoms with Crippen LogP contribution in [0.3, 0.4) is 0 Å². The molecular formula is C10H12F4I2. The molecule has 0 aromatic heterocycles. The molecule has 0 aliphatic carbocycles. The highest BCUT2D eigenvalue weighted by molar-refractivity contribution is 15.0. The van der Waals surface area contributed by atoms with Crippen molar-refractivity contribution < 1.29 is 17.6 Å². The maximum Gasteiger partial charge on any atom is 0.266 e. The number of hydrogen-bond acceptors (Lipinski definition) is 0. The van der Waals surface area contributed by atoms with E-state index in [0.717, 1.165) is 6.42 Å². The Kier molecular flexibility index (Phi) is 11.0. The van der Waals surface area contributed by atoms with E-state index in [9.17, 15) is 17.6 Å². The second kappa shape index (κ2) is 10.7. The van der Waals surface area contributed by atoms with Crippen molar-refractivity contribution in [1.82, 2.24) is 0 Å². The second-order valence-corrected chi connectivity index (χ2v) is 7.48. The molecule has 0 aliphatic heterocycles. The summed E-state index contributed by atoms with van der Waals surface area (Å²) in [7, 11) is 0. The van der Waals surface area contributed by atoms with E-state index in [4.69, 9.17) is 0 Å². The van der Waals surface area contributed by atoms with Crippen molar-refractivity contribution in [2.45, 2.75) is 32.1 Å². The molecule has 0 aromatic carbocycles. The minimum absolute atomic E-state index is 0.0601. The monoisotopic (exact) mass is 462 g/mol. The second-order valence-electron chi connectivity index (χ2n) is 2.97. The summed E-state index contributed by atoms with van der Waals surface area (Å²) in [6, 6.07) is 0. The molecule has 16 heavy (non-hydrogen) atoms. The molecule has 0 atom stereocenters. The molecule has 94 valence electrons. The number of allylic oxidation sites excluding steroid dienone is 3. The molecule has 0 spiro atoms. The molecule has 0 saturated heterocycles. The van der Waals surface area contributed by atoms with Crippen LogP contribution in [0.1, 0.15) is 32.1 Å². The van der Waals surface area contributed by atoms with E-state index in [-0.39, 0.29) is 36.0 Å². The largest absolute Gasteiger partial charge is 0.266 e. The molecule has 0 rings (SSSR count). The SMILES string of the molecule is FC(F)=CCC/C(F)=C(\F)CCCC=II. The van der Waals surface area contributed by atoms with Gasteiger partial charge in [-0.25, -0.2) is 8.78 Å². The highest BCUT2D eigenvalue weighted by Gasteiger charge is 2.05. The minimum Gasteiger partial charge on any atom is -0.209 e. The van der Waals surface area contributed by atoms with Gasteiger partial charge in [0, 0.05) is 12.8 Å². The summed E-state index contributed by atoms with van der Waals surface area (Å²) in [4.78, 5) is 0.